The number of hydrogen-bond donors (Lipinski definition) is 2. The topological polar surface area (TPSA) is 125 Å². The van der Waals surface area contributed by atoms with E-state index in [0.717, 1.165) is 19.3 Å². The summed E-state index contributed by atoms with van der Waals surface area (Å²) in [5.41, 5.74) is 6.17. The third kappa shape index (κ3) is 6.76. The Balaban J connectivity index is 0.00000392. The van der Waals surface area contributed by atoms with Crippen LogP contribution in [0.25, 0.3) is 0 Å². The average molecular weight is 414 g/mol. The Labute approximate surface area is 170 Å². The quantitative estimate of drug-likeness (QED) is 0.383. The van der Waals surface area contributed by atoms with Gasteiger partial charge < -0.3 is 15.8 Å². The number of nitrogens with two attached hydrogens (primary N) is 1. The molecule has 0 radical (unpaired) electrons. The highest BCUT2D eigenvalue weighted by atomic mass is 35.5. The maximum absolute atomic E-state index is 12.5. The van der Waals surface area contributed by atoms with E-state index in [2.05, 4.69) is 5.32 Å². The first-order valence-electron chi connectivity index (χ1n) is 9.25. The van der Waals surface area contributed by atoms with E-state index >= 15 is 0 Å². The van der Waals surface area contributed by atoms with Crippen LogP contribution in [0, 0.1) is 16.0 Å². The van der Waals surface area contributed by atoms with Crippen LogP contribution in [0.2, 0.25) is 0 Å². The van der Waals surface area contributed by atoms with Gasteiger partial charge >= 0.3 is 5.97 Å². The fourth-order valence-corrected chi connectivity index (χ4v) is 3.48. The standard InChI is InChI=1S/C19H27N3O5.ClH/c1-12(2)27-19(24)11-16(14-7-3-4-9-17(14)22(25)26)21-18(23)10-13-6-5-8-15(13)20;/h3-4,7,9,12-13,15-16H,5-6,8,10-11,20H2,1-2H3,(H,21,23);1H/t13-,15+,16?;/m0./s1. The third-order valence-electron chi connectivity index (χ3n) is 4.75. The van der Waals surface area contributed by atoms with Gasteiger partial charge in [-0.2, -0.15) is 0 Å². The zero-order chi connectivity index (χ0) is 20.0. The molecule has 156 valence electrons. The molecular formula is C19H28ClN3O5. The second-order valence-electron chi connectivity index (χ2n) is 7.24. The van der Waals surface area contributed by atoms with Crippen LogP contribution in [0.15, 0.2) is 24.3 Å². The number of halogens is 1. The van der Waals surface area contributed by atoms with E-state index in [4.69, 9.17) is 10.5 Å². The number of para-hydroxylation sites is 1. The van der Waals surface area contributed by atoms with E-state index in [1.165, 1.54) is 6.07 Å². The van der Waals surface area contributed by atoms with E-state index < -0.39 is 16.9 Å². The number of benzene rings is 1. The molecule has 9 heteroatoms. The summed E-state index contributed by atoms with van der Waals surface area (Å²) in [6, 6.07) is 5.25. The summed E-state index contributed by atoms with van der Waals surface area (Å²) in [5, 5.41) is 14.1. The second kappa shape index (κ2) is 11.0. The molecule has 1 saturated carbocycles. The lowest BCUT2D eigenvalue weighted by molar-refractivity contribution is -0.385. The van der Waals surface area contributed by atoms with Crippen molar-refractivity contribution in [1.29, 1.82) is 0 Å². The van der Waals surface area contributed by atoms with Gasteiger partial charge in [-0.05, 0) is 32.6 Å². The van der Waals surface area contributed by atoms with Gasteiger partial charge in [-0.15, -0.1) is 12.4 Å². The molecule has 8 nitrogen and oxygen atoms in total. The molecule has 0 heterocycles. The van der Waals surface area contributed by atoms with Gasteiger partial charge in [-0.1, -0.05) is 24.6 Å². The minimum atomic E-state index is -0.831. The summed E-state index contributed by atoms with van der Waals surface area (Å²) < 4.78 is 5.15. The van der Waals surface area contributed by atoms with Gasteiger partial charge in [0, 0.05) is 18.5 Å². The second-order valence-corrected chi connectivity index (χ2v) is 7.24. The molecule has 1 amide bonds. The first kappa shape index (κ1) is 23.8. The molecular weight excluding hydrogens is 386 g/mol. The summed E-state index contributed by atoms with van der Waals surface area (Å²) in [4.78, 5) is 35.5. The molecule has 0 saturated heterocycles. The summed E-state index contributed by atoms with van der Waals surface area (Å²) in [5.74, 6) is -0.692. The van der Waals surface area contributed by atoms with Crippen molar-refractivity contribution in [3.05, 3.63) is 39.9 Å². The Morgan fingerprint density at radius 3 is 2.57 bits per heavy atom. The van der Waals surface area contributed by atoms with Crippen molar-refractivity contribution >= 4 is 30.0 Å². The minimum Gasteiger partial charge on any atom is -0.463 e. The summed E-state index contributed by atoms with van der Waals surface area (Å²) >= 11 is 0. The SMILES string of the molecule is CC(C)OC(=O)CC(NC(=O)C[C@@H]1CCC[C@H]1N)c1ccccc1[N+](=O)[O-].Cl. The van der Waals surface area contributed by atoms with Gasteiger partial charge in [0.1, 0.15) is 0 Å². The number of nitro groups is 1. The van der Waals surface area contributed by atoms with E-state index in [-0.39, 0.29) is 60.5 Å². The fraction of sp³-hybridized carbons (Fsp3) is 0.579. The summed E-state index contributed by atoms with van der Waals surface area (Å²) in [6.07, 6.45) is 2.54. The highest BCUT2D eigenvalue weighted by Crippen LogP contribution is 2.30. The van der Waals surface area contributed by atoms with E-state index in [0.29, 0.717) is 0 Å². The molecule has 2 rings (SSSR count). The number of nitrogens with one attached hydrogen (secondary N) is 1. The maximum Gasteiger partial charge on any atom is 0.308 e. The van der Waals surface area contributed by atoms with Crippen molar-refractivity contribution < 1.29 is 19.2 Å². The van der Waals surface area contributed by atoms with Crippen molar-refractivity contribution in [3.63, 3.8) is 0 Å². The number of nitro benzene ring substituents is 1. The molecule has 3 atom stereocenters. The van der Waals surface area contributed by atoms with Crippen LogP contribution in [-0.4, -0.2) is 28.9 Å². The van der Waals surface area contributed by atoms with Gasteiger partial charge in [0.15, 0.2) is 0 Å². The Hall–Kier alpha value is -2.19. The molecule has 0 bridgehead atoms. The van der Waals surface area contributed by atoms with Crippen molar-refractivity contribution in [1.82, 2.24) is 5.32 Å². The first-order chi connectivity index (χ1) is 12.8. The molecule has 1 aliphatic carbocycles. The molecule has 0 aromatic heterocycles. The summed E-state index contributed by atoms with van der Waals surface area (Å²) in [7, 11) is 0. The molecule has 3 N–H and O–H groups in total. The maximum atomic E-state index is 12.5. The average Bonchev–Trinajstić information content (AvgIpc) is 2.98. The summed E-state index contributed by atoms with van der Waals surface area (Å²) in [6.45, 7) is 3.44. The number of rotatable bonds is 8. The third-order valence-corrected chi connectivity index (χ3v) is 4.75. The van der Waals surface area contributed by atoms with Crippen LogP contribution in [0.3, 0.4) is 0 Å². The Morgan fingerprint density at radius 2 is 2.00 bits per heavy atom. The lowest BCUT2D eigenvalue weighted by atomic mass is 9.98. The number of ether oxygens (including phenoxy) is 1. The van der Waals surface area contributed by atoms with Crippen molar-refractivity contribution in [2.75, 3.05) is 0 Å². The highest BCUT2D eigenvalue weighted by Gasteiger charge is 2.30. The lowest BCUT2D eigenvalue weighted by Crippen LogP contribution is -2.35. The number of esters is 1. The van der Waals surface area contributed by atoms with Crippen LogP contribution in [0.1, 0.15) is 57.6 Å². The van der Waals surface area contributed by atoms with Crippen LogP contribution in [0.4, 0.5) is 5.69 Å². The molecule has 28 heavy (non-hydrogen) atoms. The number of hydrogen-bond acceptors (Lipinski definition) is 6. The zero-order valence-corrected chi connectivity index (χ0v) is 16.9. The van der Waals surface area contributed by atoms with Crippen molar-refractivity contribution in [2.24, 2.45) is 11.7 Å². The molecule has 1 unspecified atom stereocenters. The Morgan fingerprint density at radius 1 is 1.32 bits per heavy atom. The van der Waals surface area contributed by atoms with E-state index in [1.807, 2.05) is 0 Å². The lowest BCUT2D eigenvalue weighted by Gasteiger charge is -2.21. The highest BCUT2D eigenvalue weighted by molar-refractivity contribution is 5.85. The van der Waals surface area contributed by atoms with Crippen LogP contribution < -0.4 is 11.1 Å². The van der Waals surface area contributed by atoms with Gasteiger partial charge in [0.25, 0.3) is 5.69 Å². The zero-order valence-electron chi connectivity index (χ0n) is 16.1. The van der Waals surface area contributed by atoms with Gasteiger partial charge in [0.2, 0.25) is 5.91 Å². The van der Waals surface area contributed by atoms with Gasteiger partial charge in [-0.25, -0.2) is 0 Å². The Kier molecular flexibility index (Phi) is 9.34. The molecule has 1 aliphatic rings. The monoisotopic (exact) mass is 413 g/mol. The first-order valence-corrected chi connectivity index (χ1v) is 9.25. The predicted molar refractivity (Wildman–Crippen MR) is 107 cm³/mol. The van der Waals surface area contributed by atoms with E-state index in [9.17, 15) is 19.7 Å². The van der Waals surface area contributed by atoms with Crippen LogP contribution in [-0.2, 0) is 14.3 Å². The minimum absolute atomic E-state index is 0. The number of amides is 1. The number of carbonyl (C=O) groups is 2. The van der Waals surface area contributed by atoms with Crippen molar-refractivity contribution in [3.8, 4) is 0 Å². The Bertz CT molecular complexity index is 698. The predicted octanol–water partition coefficient (Wildman–Crippen LogP) is 3.03. The van der Waals surface area contributed by atoms with Gasteiger partial charge in [-0.3, -0.25) is 19.7 Å². The van der Waals surface area contributed by atoms with E-state index in [1.54, 1.807) is 32.0 Å². The van der Waals surface area contributed by atoms with Crippen LogP contribution >= 0.6 is 12.4 Å². The van der Waals surface area contributed by atoms with Crippen molar-refractivity contribution in [2.45, 2.75) is 64.1 Å². The molecule has 1 aromatic carbocycles. The largest absolute Gasteiger partial charge is 0.463 e. The van der Waals surface area contributed by atoms with Crippen LogP contribution in [0.5, 0.6) is 0 Å². The van der Waals surface area contributed by atoms with Gasteiger partial charge in [0.05, 0.1) is 29.1 Å². The molecule has 0 spiro atoms. The fourth-order valence-electron chi connectivity index (χ4n) is 3.48. The molecule has 1 aromatic rings. The number of nitrogens with zero attached hydrogens (tertiary/aromatic N) is 1. The molecule has 0 aliphatic heterocycles. The smallest absolute Gasteiger partial charge is 0.308 e. The normalized spacial score (nSPS) is 19.6. The number of carbonyl (C=O) groups excluding carboxylic acids is 2. The molecule has 1 fully saturated rings.